The molecular weight excluding hydrogens is 216 g/mol. The lowest BCUT2D eigenvalue weighted by molar-refractivity contribution is -0.135. The van der Waals surface area contributed by atoms with Gasteiger partial charge in [0.1, 0.15) is 0 Å². The van der Waals surface area contributed by atoms with Gasteiger partial charge in [-0.1, -0.05) is 6.08 Å². The van der Waals surface area contributed by atoms with Crippen LogP contribution in [0.5, 0.6) is 0 Å². The highest BCUT2D eigenvalue weighted by molar-refractivity contribution is 5.78. The molecule has 0 saturated carbocycles. The lowest BCUT2D eigenvalue weighted by atomic mass is 10.3. The number of halogens is 4. The zero-order chi connectivity index (χ0) is 11.9. The van der Waals surface area contributed by atoms with Crippen molar-refractivity contribution in [2.75, 3.05) is 19.6 Å². The molecule has 0 aromatic rings. The molecule has 0 spiro atoms. The van der Waals surface area contributed by atoms with Crippen LogP contribution in [0.3, 0.4) is 0 Å². The standard InChI is InChI=1S/C8H12F4N2O/c1-2-3-13-4-6(15)14-5-8(11,12)7(9)10/h2,7,13H,1,3-5H2,(H,14,15). The molecule has 0 unspecified atom stereocenters. The van der Waals surface area contributed by atoms with Crippen LogP contribution in [0.2, 0.25) is 0 Å². The van der Waals surface area contributed by atoms with Gasteiger partial charge in [0, 0.05) is 6.54 Å². The van der Waals surface area contributed by atoms with Crippen molar-refractivity contribution in [1.29, 1.82) is 0 Å². The van der Waals surface area contributed by atoms with E-state index in [1.807, 2.05) is 0 Å². The molecule has 7 heteroatoms. The Morgan fingerprint density at radius 2 is 2.07 bits per heavy atom. The predicted molar refractivity (Wildman–Crippen MR) is 47.0 cm³/mol. The van der Waals surface area contributed by atoms with Crippen molar-refractivity contribution in [3.8, 4) is 0 Å². The van der Waals surface area contributed by atoms with Crippen molar-refractivity contribution >= 4 is 5.91 Å². The second kappa shape index (κ2) is 6.39. The van der Waals surface area contributed by atoms with E-state index >= 15 is 0 Å². The average Bonchev–Trinajstić information content (AvgIpc) is 2.15. The van der Waals surface area contributed by atoms with E-state index in [0.29, 0.717) is 6.54 Å². The third kappa shape index (κ3) is 6.05. The molecule has 2 N–H and O–H groups in total. The van der Waals surface area contributed by atoms with Crippen molar-refractivity contribution in [2.24, 2.45) is 0 Å². The fraction of sp³-hybridized carbons (Fsp3) is 0.625. The van der Waals surface area contributed by atoms with E-state index in [0.717, 1.165) is 0 Å². The number of carbonyl (C=O) groups excluding carboxylic acids is 1. The number of amides is 1. The van der Waals surface area contributed by atoms with Crippen LogP contribution in [0.15, 0.2) is 12.7 Å². The summed E-state index contributed by atoms with van der Waals surface area (Å²) in [6.45, 7) is 2.11. The van der Waals surface area contributed by atoms with Crippen LogP contribution >= 0.6 is 0 Å². The molecule has 0 radical (unpaired) electrons. The number of nitrogens with one attached hydrogen (secondary N) is 2. The van der Waals surface area contributed by atoms with Gasteiger partial charge in [0.25, 0.3) is 0 Å². The lowest BCUT2D eigenvalue weighted by Crippen LogP contribution is -2.44. The first-order valence-electron chi connectivity index (χ1n) is 4.14. The van der Waals surface area contributed by atoms with Gasteiger partial charge >= 0.3 is 12.3 Å². The quantitative estimate of drug-likeness (QED) is 0.384. The number of hydrogen-bond donors (Lipinski definition) is 2. The molecule has 0 heterocycles. The Bertz CT molecular complexity index is 221. The first-order valence-corrected chi connectivity index (χ1v) is 4.14. The highest BCUT2D eigenvalue weighted by Gasteiger charge is 2.40. The summed E-state index contributed by atoms with van der Waals surface area (Å²) in [6.07, 6.45) is -2.31. The van der Waals surface area contributed by atoms with Crippen LogP contribution in [0.1, 0.15) is 0 Å². The predicted octanol–water partition coefficient (Wildman–Crippen LogP) is 0.779. The maximum atomic E-state index is 12.3. The first-order chi connectivity index (χ1) is 6.90. The third-order valence-electron chi connectivity index (χ3n) is 1.41. The van der Waals surface area contributed by atoms with E-state index in [1.165, 1.54) is 6.08 Å². The molecule has 0 saturated heterocycles. The van der Waals surface area contributed by atoms with Gasteiger partial charge < -0.3 is 10.6 Å². The van der Waals surface area contributed by atoms with Crippen molar-refractivity contribution in [3.05, 3.63) is 12.7 Å². The summed E-state index contributed by atoms with van der Waals surface area (Å²) in [5, 5.41) is 4.24. The molecule has 0 atom stereocenters. The summed E-state index contributed by atoms with van der Waals surface area (Å²) < 4.78 is 47.9. The molecule has 15 heavy (non-hydrogen) atoms. The summed E-state index contributed by atoms with van der Waals surface area (Å²) in [4.78, 5) is 10.8. The second-order valence-corrected chi connectivity index (χ2v) is 2.76. The van der Waals surface area contributed by atoms with Crippen LogP contribution in [-0.4, -0.2) is 37.9 Å². The molecule has 0 aromatic carbocycles. The molecule has 0 rings (SSSR count). The minimum Gasteiger partial charge on any atom is -0.349 e. The van der Waals surface area contributed by atoms with E-state index < -0.39 is 24.8 Å². The molecule has 0 aliphatic heterocycles. The normalized spacial score (nSPS) is 11.5. The molecule has 0 fully saturated rings. The van der Waals surface area contributed by atoms with Gasteiger partial charge in [-0.2, -0.15) is 8.78 Å². The number of alkyl halides is 4. The van der Waals surface area contributed by atoms with Crippen molar-refractivity contribution in [3.63, 3.8) is 0 Å². The summed E-state index contributed by atoms with van der Waals surface area (Å²) >= 11 is 0. The average molecular weight is 228 g/mol. The van der Waals surface area contributed by atoms with Gasteiger partial charge in [0.2, 0.25) is 5.91 Å². The van der Waals surface area contributed by atoms with E-state index in [1.54, 1.807) is 5.32 Å². The van der Waals surface area contributed by atoms with Crippen LogP contribution < -0.4 is 10.6 Å². The zero-order valence-corrected chi connectivity index (χ0v) is 7.90. The Labute approximate surface area is 84.5 Å². The molecule has 88 valence electrons. The molecular formula is C8H12F4N2O. The molecule has 3 nitrogen and oxygen atoms in total. The van der Waals surface area contributed by atoms with Crippen LogP contribution in [-0.2, 0) is 4.79 Å². The van der Waals surface area contributed by atoms with Gasteiger partial charge in [-0.05, 0) is 0 Å². The van der Waals surface area contributed by atoms with Crippen LogP contribution in [0.4, 0.5) is 17.6 Å². The van der Waals surface area contributed by atoms with E-state index in [4.69, 9.17) is 0 Å². The SMILES string of the molecule is C=CCNCC(=O)NCC(F)(F)C(F)F. The Morgan fingerprint density at radius 3 is 2.53 bits per heavy atom. The molecule has 0 aliphatic rings. The monoisotopic (exact) mass is 228 g/mol. The smallest absolute Gasteiger partial charge is 0.324 e. The fourth-order valence-corrected chi connectivity index (χ4v) is 0.644. The maximum absolute atomic E-state index is 12.3. The largest absolute Gasteiger partial charge is 0.349 e. The summed E-state index contributed by atoms with van der Waals surface area (Å²) in [5.41, 5.74) is 0. The number of carbonyl (C=O) groups is 1. The zero-order valence-electron chi connectivity index (χ0n) is 7.90. The Morgan fingerprint density at radius 1 is 1.47 bits per heavy atom. The fourth-order valence-electron chi connectivity index (χ4n) is 0.644. The van der Waals surface area contributed by atoms with E-state index in [-0.39, 0.29) is 6.54 Å². The molecule has 0 bridgehead atoms. The van der Waals surface area contributed by atoms with Gasteiger partial charge in [-0.15, -0.1) is 6.58 Å². The Hall–Kier alpha value is -1.11. The van der Waals surface area contributed by atoms with Crippen LogP contribution in [0.25, 0.3) is 0 Å². The lowest BCUT2D eigenvalue weighted by Gasteiger charge is -2.15. The number of hydrogen-bond acceptors (Lipinski definition) is 2. The summed E-state index contributed by atoms with van der Waals surface area (Å²) in [5.74, 6) is -4.95. The summed E-state index contributed by atoms with van der Waals surface area (Å²) in [6, 6.07) is 0. The molecule has 0 aromatic heterocycles. The van der Waals surface area contributed by atoms with Crippen molar-refractivity contribution in [1.82, 2.24) is 10.6 Å². The van der Waals surface area contributed by atoms with Crippen LogP contribution in [0, 0.1) is 0 Å². The minimum absolute atomic E-state index is 0.217. The molecule has 1 amide bonds. The van der Waals surface area contributed by atoms with Gasteiger partial charge in [-0.3, -0.25) is 4.79 Å². The van der Waals surface area contributed by atoms with E-state index in [2.05, 4.69) is 11.9 Å². The highest BCUT2D eigenvalue weighted by atomic mass is 19.3. The van der Waals surface area contributed by atoms with Gasteiger partial charge in [0.15, 0.2) is 0 Å². The second-order valence-electron chi connectivity index (χ2n) is 2.76. The maximum Gasteiger partial charge on any atom is 0.324 e. The van der Waals surface area contributed by atoms with Gasteiger partial charge in [-0.25, -0.2) is 8.78 Å². The van der Waals surface area contributed by atoms with Gasteiger partial charge in [0.05, 0.1) is 13.1 Å². The topological polar surface area (TPSA) is 41.1 Å². The molecule has 0 aliphatic carbocycles. The minimum atomic E-state index is -4.19. The van der Waals surface area contributed by atoms with E-state index in [9.17, 15) is 22.4 Å². The van der Waals surface area contributed by atoms with Crippen molar-refractivity contribution in [2.45, 2.75) is 12.3 Å². The third-order valence-corrected chi connectivity index (χ3v) is 1.41. The Balaban J connectivity index is 3.75. The highest BCUT2D eigenvalue weighted by Crippen LogP contribution is 2.21. The number of rotatable bonds is 7. The Kier molecular flexibility index (Phi) is 5.92. The first kappa shape index (κ1) is 13.9. The summed E-state index contributed by atoms with van der Waals surface area (Å²) in [7, 11) is 0. The van der Waals surface area contributed by atoms with Crippen molar-refractivity contribution < 1.29 is 22.4 Å².